The molecule has 6 nitrogen and oxygen atoms in total. The quantitative estimate of drug-likeness (QED) is 0.600. The molecule has 1 aromatic carbocycles. The molecule has 6 heteroatoms. The van der Waals surface area contributed by atoms with Crippen LogP contribution >= 0.6 is 0 Å². The number of nitro groups is 1. The van der Waals surface area contributed by atoms with Crippen molar-refractivity contribution < 1.29 is 4.92 Å². The molecule has 2 rings (SSSR count). The molecule has 0 fully saturated rings. The van der Waals surface area contributed by atoms with E-state index in [0.29, 0.717) is 0 Å². The Morgan fingerprint density at radius 3 is 2.82 bits per heavy atom. The van der Waals surface area contributed by atoms with Gasteiger partial charge in [0.15, 0.2) is 5.82 Å². The third kappa shape index (κ3) is 2.01. The van der Waals surface area contributed by atoms with Crippen molar-refractivity contribution in [3.63, 3.8) is 0 Å². The molecular formula is C11H12N4O2. The number of non-ortho nitro benzene ring substituents is 1. The van der Waals surface area contributed by atoms with Gasteiger partial charge in [0, 0.05) is 24.2 Å². The van der Waals surface area contributed by atoms with Crippen molar-refractivity contribution in [2.75, 3.05) is 0 Å². The fourth-order valence-electron chi connectivity index (χ4n) is 1.71. The lowest BCUT2D eigenvalue weighted by Crippen LogP contribution is -1.98. The third-order valence-electron chi connectivity index (χ3n) is 2.62. The van der Waals surface area contributed by atoms with Gasteiger partial charge in [0.25, 0.3) is 5.69 Å². The first-order chi connectivity index (χ1) is 8.13. The summed E-state index contributed by atoms with van der Waals surface area (Å²) in [7, 11) is 0. The van der Waals surface area contributed by atoms with Crippen LogP contribution in [0.4, 0.5) is 5.69 Å². The van der Waals surface area contributed by atoms with Crippen LogP contribution < -0.4 is 0 Å². The minimum absolute atomic E-state index is 0.0915. The van der Waals surface area contributed by atoms with E-state index < -0.39 is 4.92 Å². The average molecular weight is 232 g/mol. The summed E-state index contributed by atoms with van der Waals surface area (Å²) in [6, 6.07) is 4.74. The summed E-state index contributed by atoms with van der Waals surface area (Å²) in [6.45, 7) is 4.59. The minimum atomic E-state index is -0.401. The van der Waals surface area contributed by atoms with Crippen LogP contribution in [0.3, 0.4) is 0 Å². The molecule has 0 aliphatic rings. The predicted molar refractivity (Wildman–Crippen MR) is 62.5 cm³/mol. The maximum absolute atomic E-state index is 10.6. The number of hydrogen-bond acceptors (Lipinski definition) is 4. The molecule has 1 heterocycles. The second kappa shape index (κ2) is 4.32. The second-order valence-electron chi connectivity index (χ2n) is 3.70. The smallest absolute Gasteiger partial charge is 0.269 e. The van der Waals surface area contributed by atoms with Crippen LogP contribution in [0.15, 0.2) is 24.5 Å². The SMILES string of the molecule is CCn1cnnc1-c1ccc([N+](=O)[O-])cc1C. The molecule has 0 aliphatic heterocycles. The van der Waals surface area contributed by atoms with E-state index in [4.69, 9.17) is 0 Å². The molecule has 0 spiro atoms. The highest BCUT2D eigenvalue weighted by Gasteiger charge is 2.12. The monoisotopic (exact) mass is 232 g/mol. The van der Waals surface area contributed by atoms with E-state index in [0.717, 1.165) is 23.5 Å². The van der Waals surface area contributed by atoms with Crippen LogP contribution in [0.25, 0.3) is 11.4 Å². The molecule has 0 atom stereocenters. The van der Waals surface area contributed by atoms with Gasteiger partial charge in [-0.25, -0.2) is 0 Å². The van der Waals surface area contributed by atoms with E-state index in [9.17, 15) is 10.1 Å². The molecule has 1 aromatic heterocycles. The lowest BCUT2D eigenvalue weighted by molar-refractivity contribution is -0.384. The first kappa shape index (κ1) is 11.3. The molecular weight excluding hydrogens is 220 g/mol. The molecule has 2 aromatic rings. The Kier molecular flexibility index (Phi) is 2.86. The van der Waals surface area contributed by atoms with Gasteiger partial charge in [0.05, 0.1) is 4.92 Å². The molecule has 17 heavy (non-hydrogen) atoms. The van der Waals surface area contributed by atoms with Crippen molar-refractivity contribution in [1.29, 1.82) is 0 Å². The summed E-state index contributed by atoms with van der Waals surface area (Å²) in [6.07, 6.45) is 1.65. The molecule has 88 valence electrons. The van der Waals surface area contributed by atoms with Crippen LogP contribution in [0.5, 0.6) is 0 Å². The van der Waals surface area contributed by atoms with Crippen molar-refractivity contribution in [3.8, 4) is 11.4 Å². The van der Waals surface area contributed by atoms with Crippen LogP contribution in [0, 0.1) is 17.0 Å². The predicted octanol–water partition coefficient (Wildman–Crippen LogP) is 2.18. The number of nitrogens with zero attached hydrogens (tertiary/aromatic N) is 4. The van der Waals surface area contributed by atoms with Gasteiger partial charge in [-0.15, -0.1) is 10.2 Å². The van der Waals surface area contributed by atoms with Crippen LogP contribution in [0.2, 0.25) is 0 Å². The summed E-state index contributed by atoms with van der Waals surface area (Å²) in [5, 5.41) is 18.5. The maximum Gasteiger partial charge on any atom is 0.269 e. The first-order valence-electron chi connectivity index (χ1n) is 5.26. The van der Waals surface area contributed by atoms with Gasteiger partial charge in [0.2, 0.25) is 0 Å². The summed E-state index contributed by atoms with van der Waals surface area (Å²) < 4.78 is 1.90. The van der Waals surface area contributed by atoms with E-state index in [-0.39, 0.29) is 5.69 Å². The zero-order valence-corrected chi connectivity index (χ0v) is 9.62. The molecule has 0 aliphatic carbocycles. The Morgan fingerprint density at radius 1 is 1.47 bits per heavy atom. The summed E-state index contributed by atoms with van der Waals surface area (Å²) in [5.41, 5.74) is 1.78. The number of hydrogen-bond donors (Lipinski definition) is 0. The Bertz CT molecular complexity index is 562. The van der Waals surface area contributed by atoms with E-state index in [1.165, 1.54) is 6.07 Å². The number of aryl methyl sites for hydroxylation is 2. The number of aromatic nitrogens is 3. The number of rotatable bonds is 3. The normalized spacial score (nSPS) is 10.5. The molecule has 0 unspecified atom stereocenters. The molecule has 0 radical (unpaired) electrons. The van der Waals surface area contributed by atoms with E-state index in [1.54, 1.807) is 18.5 Å². The zero-order chi connectivity index (χ0) is 12.4. The van der Waals surface area contributed by atoms with E-state index in [1.807, 2.05) is 18.4 Å². The average Bonchev–Trinajstić information content (AvgIpc) is 2.76. The van der Waals surface area contributed by atoms with Crippen molar-refractivity contribution in [2.45, 2.75) is 20.4 Å². The minimum Gasteiger partial charge on any atom is -0.314 e. The molecule has 0 saturated carbocycles. The largest absolute Gasteiger partial charge is 0.314 e. The maximum atomic E-state index is 10.6. The summed E-state index contributed by atoms with van der Waals surface area (Å²) >= 11 is 0. The van der Waals surface area contributed by atoms with Gasteiger partial charge < -0.3 is 4.57 Å². The summed E-state index contributed by atoms with van der Waals surface area (Å²) in [5.74, 6) is 0.736. The van der Waals surface area contributed by atoms with Crippen LogP contribution in [-0.4, -0.2) is 19.7 Å². The van der Waals surface area contributed by atoms with Gasteiger partial charge >= 0.3 is 0 Å². The Balaban J connectivity index is 2.50. The van der Waals surface area contributed by atoms with E-state index in [2.05, 4.69) is 10.2 Å². The highest BCUT2D eigenvalue weighted by molar-refractivity contribution is 5.62. The van der Waals surface area contributed by atoms with Crippen LogP contribution in [0.1, 0.15) is 12.5 Å². The van der Waals surface area contributed by atoms with Crippen molar-refractivity contribution in [3.05, 3.63) is 40.2 Å². The fraction of sp³-hybridized carbons (Fsp3) is 0.273. The topological polar surface area (TPSA) is 73.8 Å². The van der Waals surface area contributed by atoms with Gasteiger partial charge in [-0.05, 0) is 25.5 Å². The molecule has 0 N–H and O–H groups in total. The standard InChI is InChI=1S/C11H12N4O2/c1-3-14-7-12-13-11(14)10-5-4-9(15(16)17)6-8(10)2/h4-7H,3H2,1-2H3. The Labute approximate surface area is 98.1 Å². The number of nitro benzene ring substituents is 1. The van der Waals surface area contributed by atoms with Crippen molar-refractivity contribution in [1.82, 2.24) is 14.8 Å². The van der Waals surface area contributed by atoms with Gasteiger partial charge in [-0.1, -0.05) is 0 Å². The fourth-order valence-corrected chi connectivity index (χ4v) is 1.71. The van der Waals surface area contributed by atoms with Crippen molar-refractivity contribution >= 4 is 5.69 Å². The Hall–Kier alpha value is -2.24. The highest BCUT2D eigenvalue weighted by Crippen LogP contribution is 2.25. The molecule has 0 saturated heterocycles. The zero-order valence-electron chi connectivity index (χ0n) is 9.62. The molecule has 0 bridgehead atoms. The first-order valence-corrected chi connectivity index (χ1v) is 5.26. The summed E-state index contributed by atoms with van der Waals surface area (Å²) in [4.78, 5) is 10.2. The highest BCUT2D eigenvalue weighted by atomic mass is 16.6. The van der Waals surface area contributed by atoms with Gasteiger partial charge in [0.1, 0.15) is 6.33 Å². The second-order valence-corrected chi connectivity index (χ2v) is 3.70. The number of benzene rings is 1. The van der Waals surface area contributed by atoms with Gasteiger partial charge in [-0.2, -0.15) is 0 Å². The lowest BCUT2D eigenvalue weighted by atomic mass is 10.1. The van der Waals surface area contributed by atoms with Crippen LogP contribution in [-0.2, 0) is 6.54 Å². The van der Waals surface area contributed by atoms with Crippen molar-refractivity contribution in [2.24, 2.45) is 0 Å². The Morgan fingerprint density at radius 2 is 2.24 bits per heavy atom. The lowest BCUT2D eigenvalue weighted by Gasteiger charge is -2.06. The van der Waals surface area contributed by atoms with E-state index >= 15 is 0 Å². The van der Waals surface area contributed by atoms with Gasteiger partial charge in [-0.3, -0.25) is 10.1 Å². The molecule has 0 amide bonds. The third-order valence-corrected chi connectivity index (χ3v) is 2.62.